The number of hydrogen-bond acceptors (Lipinski definition) is 2. The molecule has 0 amide bonds. The summed E-state index contributed by atoms with van der Waals surface area (Å²) in [6, 6.07) is 5.05. The van der Waals surface area contributed by atoms with E-state index < -0.39 is 0 Å². The van der Waals surface area contributed by atoms with Crippen LogP contribution in [0.2, 0.25) is 0 Å². The Balaban J connectivity index is 3.18. The molecular weight excluding hydrogens is 166 g/mol. The Morgan fingerprint density at radius 3 is 2.69 bits per heavy atom. The van der Waals surface area contributed by atoms with Crippen molar-refractivity contribution in [3.05, 3.63) is 34.2 Å². The Bertz CT molecular complexity index is 354. The van der Waals surface area contributed by atoms with E-state index in [4.69, 9.17) is 5.53 Å². The zero-order valence-electron chi connectivity index (χ0n) is 7.60. The monoisotopic (exact) mass is 177 g/mol. The molecule has 0 heterocycles. The van der Waals surface area contributed by atoms with Crippen LogP contribution in [0.25, 0.3) is 10.4 Å². The lowest BCUT2D eigenvalue weighted by Crippen LogP contribution is -1.85. The van der Waals surface area contributed by atoms with Crippen molar-refractivity contribution in [2.45, 2.75) is 19.8 Å². The largest absolute Gasteiger partial charge is 0.507 e. The maximum Gasteiger partial charge on any atom is 0.125 e. The molecule has 0 aliphatic rings. The zero-order valence-corrected chi connectivity index (χ0v) is 7.60. The van der Waals surface area contributed by atoms with Crippen molar-refractivity contribution in [1.82, 2.24) is 0 Å². The van der Waals surface area contributed by atoms with Crippen molar-refractivity contribution in [3.63, 3.8) is 0 Å². The molecule has 0 saturated carbocycles. The van der Waals surface area contributed by atoms with E-state index in [0.717, 1.165) is 5.56 Å². The highest BCUT2D eigenvalue weighted by molar-refractivity contribution is 5.53. The molecule has 1 N–H and O–H groups in total. The van der Waals surface area contributed by atoms with Crippen molar-refractivity contribution < 1.29 is 5.11 Å². The van der Waals surface area contributed by atoms with Crippen molar-refractivity contribution in [3.8, 4) is 5.75 Å². The fourth-order valence-electron chi connectivity index (χ4n) is 1.03. The van der Waals surface area contributed by atoms with Gasteiger partial charge in [-0.15, -0.1) is 0 Å². The Kier molecular flexibility index (Phi) is 2.77. The highest BCUT2D eigenvalue weighted by Crippen LogP contribution is 2.29. The number of rotatable bonds is 2. The van der Waals surface area contributed by atoms with Gasteiger partial charge in [0.1, 0.15) is 5.75 Å². The summed E-state index contributed by atoms with van der Waals surface area (Å²) >= 11 is 0. The molecule has 0 fully saturated rings. The van der Waals surface area contributed by atoms with Crippen LogP contribution < -0.4 is 0 Å². The second-order valence-electron chi connectivity index (χ2n) is 3.09. The molecule has 68 valence electrons. The average Bonchev–Trinajstić information content (AvgIpc) is 2.08. The fraction of sp³-hybridized carbons (Fsp3) is 0.333. The van der Waals surface area contributed by atoms with Gasteiger partial charge in [0.25, 0.3) is 0 Å². The van der Waals surface area contributed by atoms with Gasteiger partial charge in [0.2, 0.25) is 0 Å². The van der Waals surface area contributed by atoms with E-state index >= 15 is 0 Å². The number of azide groups is 1. The zero-order chi connectivity index (χ0) is 9.84. The minimum atomic E-state index is 0.0159. The van der Waals surface area contributed by atoms with E-state index in [1.807, 2.05) is 19.9 Å². The van der Waals surface area contributed by atoms with E-state index in [1.54, 1.807) is 12.1 Å². The van der Waals surface area contributed by atoms with Crippen LogP contribution in [0.5, 0.6) is 5.75 Å². The second kappa shape index (κ2) is 3.83. The smallest absolute Gasteiger partial charge is 0.125 e. The van der Waals surface area contributed by atoms with E-state index in [2.05, 4.69) is 10.0 Å². The minimum Gasteiger partial charge on any atom is -0.507 e. The van der Waals surface area contributed by atoms with Crippen LogP contribution in [0.3, 0.4) is 0 Å². The molecule has 1 aromatic carbocycles. The van der Waals surface area contributed by atoms with Gasteiger partial charge < -0.3 is 5.11 Å². The van der Waals surface area contributed by atoms with Crippen LogP contribution in [0.1, 0.15) is 25.3 Å². The van der Waals surface area contributed by atoms with Gasteiger partial charge in [0, 0.05) is 4.91 Å². The van der Waals surface area contributed by atoms with Crippen LogP contribution in [0.15, 0.2) is 23.3 Å². The highest BCUT2D eigenvalue weighted by Gasteiger charge is 2.03. The van der Waals surface area contributed by atoms with Crippen molar-refractivity contribution in [2.24, 2.45) is 5.11 Å². The number of nitrogens with zero attached hydrogens (tertiary/aromatic N) is 3. The predicted molar refractivity (Wildman–Crippen MR) is 51.0 cm³/mol. The van der Waals surface area contributed by atoms with E-state index in [9.17, 15) is 5.11 Å². The molecule has 0 bridgehead atoms. The molecule has 0 saturated heterocycles. The summed E-state index contributed by atoms with van der Waals surface area (Å²) in [5.74, 6) is 0.371. The Hall–Kier alpha value is -1.67. The maximum atomic E-state index is 9.28. The third kappa shape index (κ3) is 2.13. The summed E-state index contributed by atoms with van der Waals surface area (Å²) in [5.41, 5.74) is 9.55. The lowest BCUT2D eigenvalue weighted by molar-refractivity contribution is 0.476. The van der Waals surface area contributed by atoms with Gasteiger partial charge in [0.15, 0.2) is 0 Å². The Morgan fingerprint density at radius 1 is 1.46 bits per heavy atom. The molecule has 0 aromatic heterocycles. The lowest BCUT2D eigenvalue weighted by Gasteiger charge is -2.06. The van der Waals surface area contributed by atoms with Crippen LogP contribution in [-0.4, -0.2) is 5.11 Å². The summed E-state index contributed by atoms with van der Waals surface area (Å²) in [6.45, 7) is 4.07. The molecule has 0 radical (unpaired) electrons. The van der Waals surface area contributed by atoms with Gasteiger partial charge in [0.05, 0.1) is 5.69 Å². The molecule has 4 heteroatoms. The first kappa shape index (κ1) is 9.42. The van der Waals surface area contributed by atoms with Gasteiger partial charge in [-0.2, -0.15) is 0 Å². The van der Waals surface area contributed by atoms with Gasteiger partial charge in [-0.3, -0.25) is 0 Å². The molecule has 13 heavy (non-hydrogen) atoms. The average molecular weight is 177 g/mol. The number of benzene rings is 1. The summed E-state index contributed by atoms with van der Waals surface area (Å²) < 4.78 is 0. The van der Waals surface area contributed by atoms with Crippen LogP contribution in [0.4, 0.5) is 5.69 Å². The quantitative estimate of drug-likeness (QED) is 0.419. The SMILES string of the molecule is CC(C)c1ccc(O)c(N=[N+]=[N-])c1. The van der Waals surface area contributed by atoms with E-state index in [0.29, 0.717) is 5.92 Å². The lowest BCUT2D eigenvalue weighted by atomic mass is 10.0. The first-order valence-electron chi connectivity index (χ1n) is 4.03. The standard InChI is InChI=1S/C9H11N3O/c1-6(2)7-3-4-9(13)8(5-7)11-12-10/h3-6,13H,1-2H3. The molecule has 0 atom stereocenters. The Labute approximate surface area is 76.5 Å². The number of hydrogen-bond donors (Lipinski definition) is 1. The topological polar surface area (TPSA) is 69.0 Å². The van der Waals surface area contributed by atoms with Crippen LogP contribution in [-0.2, 0) is 0 Å². The summed E-state index contributed by atoms with van der Waals surface area (Å²) in [4.78, 5) is 2.63. The first-order valence-corrected chi connectivity index (χ1v) is 4.03. The van der Waals surface area contributed by atoms with Crippen LogP contribution >= 0.6 is 0 Å². The molecule has 0 unspecified atom stereocenters. The van der Waals surface area contributed by atoms with E-state index in [1.165, 1.54) is 0 Å². The highest BCUT2D eigenvalue weighted by atomic mass is 16.3. The maximum absolute atomic E-state index is 9.28. The first-order chi connectivity index (χ1) is 6.15. The van der Waals surface area contributed by atoms with Gasteiger partial charge in [-0.25, -0.2) is 0 Å². The summed E-state index contributed by atoms with van der Waals surface area (Å²) in [7, 11) is 0. The minimum absolute atomic E-state index is 0.0159. The molecule has 0 spiro atoms. The fourth-order valence-corrected chi connectivity index (χ4v) is 1.03. The predicted octanol–water partition coefficient (Wildman–Crippen LogP) is 3.46. The normalized spacial score (nSPS) is 9.77. The summed E-state index contributed by atoms with van der Waals surface area (Å²) in [5, 5.41) is 12.7. The number of phenolic OH excluding ortho intramolecular Hbond substituents is 1. The van der Waals surface area contributed by atoms with Crippen LogP contribution in [0, 0.1) is 0 Å². The summed E-state index contributed by atoms with van der Waals surface area (Å²) in [6.07, 6.45) is 0. The third-order valence-corrected chi connectivity index (χ3v) is 1.82. The Morgan fingerprint density at radius 2 is 2.15 bits per heavy atom. The molecule has 1 rings (SSSR count). The molecule has 0 aliphatic carbocycles. The number of aromatic hydroxyl groups is 1. The molecular formula is C9H11N3O. The third-order valence-electron chi connectivity index (χ3n) is 1.82. The van der Waals surface area contributed by atoms with Gasteiger partial charge >= 0.3 is 0 Å². The van der Waals surface area contributed by atoms with Gasteiger partial charge in [-0.1, -0.05) is 25.0 Å². The molecule has 1 aromatic rings. The molecule has 0 aliphatic heterocycles. The van der Waals surface area contributed by atoms with Crippen molar-refractivity contribution in [1.29, 1.82) is 0 Å². The van der Waals surface area contributed by atoms with Crippen molar-refractivity contribution in [2.75, 3.05) is 0 Å². The van der Waals surface area contributed by atoms with Gasteiger partial charge in [-0.05, 0) is 29.1 Å². The molecule has 4 nitrogen and oxygen atoms in total. The number of phenols is 1. The van der Waals surface area contributed by atoms with E-state index in [-0.39, 0.29) is 11.4 Å². The van der Waals surface area contributed by atoms with Crippen molar-refractivity contribution >= 4 is 5.69 Å². The second-order valence-corrected chi connectivity index (χ2v) is 3.09.